The zero-order chi connectivity index (χ0) is 37.1. The molecule has 2 amide bonds. The molecule has 270 valence electrons. The van der Waals surface area contributed by atoms with E-state index in [-0.39, 0.29) is 24.8 Å². The van der Waals surface area contributed by atoms with E-state index in [2.05, 4.69) is 58.4 Å². The van der Waals surface area contributed by atoms with Crippen molar-refractivity contribution in [3.63, 3.8) is 0 Å². The van der Waals surface area contributed by atoms with Gasteiger partial charge in [-0.3, -0.25) is 14.4 Å². The quantitative estimate of drug-likeness (QED) is 0.0903. The molecular formula is C41H46N6O5. The van der Waals surface area contributed by atoms with Gasteiger partial charge in [0.05, 0.1) is 6.42 Å². The summed E-state index contributed by atoms with van der Waals surface area (Å²) in [6.07, 6.45) is 8.94. The number of rotatable bonds is 16. The van der Waals surface area contributed by atoms with Crippen molar-refractivity contribution in [3.05, 3.63) is 108 Å². The van der Waals surface area contributed by atoms with Crippen molar-refractivity contribution in [2.45, 2.75) is 84.1 Å². The minimum absolute atomic E-state index is 0.0456. The van der Waals surface area contributed by atoms with Crippen molar-refractivity contribution in [3.8, 4) is 34.0 Å². The van der Waals surface area contributed by atoms with Crippen molar-refractivity contribution in [2.75, 3.05) is 6.54 Å². The summed E-state index contributed by atoms with van der Waals surface area (Å²) in [6.45, 7) is 8.42. The minimum Gasteiger partial charge on any atom is -0.481 e. The first kappa shape index (κ1) is 37.5. The van der Waals surface area contributed by atoms with E-state index in [1.165, 1.54) is 12.8 Å². The third-order valence-corrected chi connectivity index (χ3v) is 8.76. The fraction of sp³-hybridized carbons (Fsp3) is 0.341. The molecule has 1 unspecified atom stereocenters. The van der Waals surface area contributed by atoms with Gasteiger partial charge in [0.25, 0.3) is 11.8 Å². The van der Waals surface area contributed by atoms with Crippen molar-refractivity contribution in [1.82, 2.24) is 30.7 Å². The predicted octanol–water partition coefficient (Wildman–Crippen LogP) is 7.21. The first-order valence-corrected chi connectivity index (χ1v) is 17.8. The maximum atomic E-state index is 13.2. The van der Waals surface area contributed by atoms with Gasteiger partial charge in [-0.2, -0.15) is 4.98 Å². The number of carboxylic acid groups (broad SMARTS) is 1. The van der Waals surface area contributed by atoms with Crippen LogP contribution >= 0.6 is 0 Å². The van der Waals surface area contributed by atoms with Crippen LogP contribution in [0.3, 0.4) is 0 Å². The van der Waals surface area contributed by atoms with Crippen LogP contribution in [0, 0.1) is 0 Å². The number of hydrogen-bond donors (Lipinski definition) is 3. The summed E-state index contributed by atoms with van der Waals surface area (Å²) in [4.78, 5) is 51.0. The number of unbranched alkanes of at least 4 members (excludes halogenated alkanes) is 3. The number of amides is 2. The molecule has 0 bridgehead atoms. The summed E-state index contributed by atoms with van der Waals surface area (Å²) in [7, 11) is 0. The van der Waals surface area contributed by atoms with Crippen molar-refractivity contribution in [1.29, 1.82) is 0 Å². The Morgan fingerprint density at radius 2 is 1.46 bits per heavy atom. The number of carbonyl (C=O) groups is 3. The maximum absolute atomic E-state index is 13.2. The largest absolute Gasteiger partial charge is 0.481 e. The average molecular weight is 703 g/mol. The standard InChI is InChI=1S/C41H46N6O5/c1-5-6-7-8-9-35-46-40(52-47-35)31-16-14-28(15-17-31)32-25-43-37(44-26-32)29-12-10-27(11-13-29)24-34(39(51)42-23-22-36(48)49)45-38(50)30-18-20-33(21-19-30)41(2,3)4/h10-21,25-26,34H,5-9,22-24H2,1-4H3,(H,42,51)(H,45,50)(H,48,49). The molecule has 5 rings (SSSR count). The van der Waals surface area contributed by atoms with E-state index in [9.17, 15) is 14.4 Å². The second-order valence-electron chi connectivity index (χ2n) is 13.9. The Kier molecular flexibility index (Phi) is 12.6. The lowest BCUT2D eigenvalue weighted by Gasteiger charge is -2.20. The number of nitrogens with zero attached hydrogens (tertiary/aromatic N) is 4. The predicted molar refractivity (Wildman–Crippen MR) is 199 cm³/mol. The number of carboxylic acids is 1. The smallest absolute Gasteiger partial charge is 0.305 e. The van der Waals surface area contributed by atoms with Crippen LogP contribution in [0.4, 0.5) is 0 Å². The molecule has 5 aromatic rings. The molecule has 11 heteroatoms. The highest BCUT2D eigenvalue weighted by atomic mass is 16.5. The van der Waals surface area contributed by atoms with Gasteiger partial charge in [0.1, 0.15) is 6.04 Å². The average Bonchev–Trinajstić information content (AvgIpc) is 3.62. The molecule has 0 aliphatic carbocycles. The number of benzene rings is 3. The zero-order valence-corrected chi connectivity index (χ0v) is 30.2. The van der Waals surface area contributed by atoms with Crippen LogP contribution < -0.4 is 10.6 Å². The van der Waals surface area contributed by atoms with Gasteiger partial charge in [-0.1, -0.05) is 101 Å². The van der Waals surface area contributed by atoms with Gasteiger partial charge < -0.3 is 20.3 Å². The van der Waals surface area contributed by atoms with E-state index in [1.54, 1.807) is 24.5 Å². The fourth-order valence-electron chi connectivity index (χ4n) is 5.63. The first-order valence-electron chi connectivity index (χ1n) is 17.8. The van der Waals surface area contributed by atoms with E-state index in [0.29, 0.717) is 17.3 Å². The molecule has 2 heterocycles. The van der Waals surface area contributed by atoms with Crippen LogP contribution in [0.2, 0.25) is 0 Å². The third kappa shape index (κ3) is 10.4. The highest BCUT2D eigenvalue weighted by Gasteiger charge is 2.23. The molecule has 0 radical (unpaired) electrons. The number of carbonyl (C=O) groups excluding carboxylic acids is 2. The normalized spacial score (nSPS) is 11.9. The Hall–Kier alpha value is -5.71. The monoisotopic (exact) mass is 702 g/mol. The lowest BCUT2D eigenvalue weighted by molar-refractivity contribution is -0.137. The molecule has 2 aromatic heterocycles. The van der Waals surface area contributed by atoms with Crippen LogP contribution in [-0.4, -0.2) is 55.6 Å². The van der Waals surface area contributed by atoms with E-state index in [4.69, 9.17) is 9.63 Å². The van der Waals surface area contributed by atoms with Gasteiger partial charge >= 0.3 is 5.97 Å². The molecule has 0 saturated heterocycles. The molecule has 0 fully saturated rings. The molecule has 0 aliphatic rings. The lowest BCUT2D eigenvalue weighted by Crippen LogP contribution is -2.48. The third-order valence-electron chi connectivity index (χ3n) is 8.76. The number of aryl methyl sites for hydroxylation is 1. The summed E-state index contributed by atoms with van der Waals surface area (Å²) in [5.74, 6) is -0.0994. The number of aliphatic carboxylic acids is 1. The highest BCUT2D eigenvalue weighted by Crippen LogP contribution is 2.26. The Morgan fingerprint density at radius 1 is 0.808 bits per heavy atom. The van der Waals surface area contributed by atoms with Crippen molar-refractivity contribution < 1.29 is 24.0 Å². The van der Waals surface area contributed by atoms with E-state index in [1.807, 2.05) is 60.7 Å². The number of hydrogen-bond acceptors (Lipinski definition) is 8. The van der Waals surface area contributed by atoms with Crippen molar-refractivity contribution in [2.24, 2.45) is 0 Å². The molecule has 0 aliphatic heterocycles. The van der Waals surface area contributed by atoms with Crippen LogP contribution in [0.15, 0.2) is 89.7 Å². The van der Waals surface area contributed by atoms with Gasteiger partial charge in [-0.25, -0.2) is 9.97 Å². The molecular weight excluding hydrogens is 656 g/mol. The Morgan fingerprint density at radius 3 is 2.10 bits per heavy atom. The highest BCUT2D eigenvalue weighted by molar-refractivity contribution is 5.97. The van der Waals surface area contributed by atoms with Crippen LogP contribution in [-0.2, 0) is 27.8 Å². The molecule has 3 aromatic carbocycles. The van der Waals surface area contributed by atoms with Gasteiger partial charge in [0.2, 0.25) is 5.91 Å². The molecule has 11 nitrogen and oxygen atoms in total. The zero-order valence-electron chi connectivity index (χ0n) is 30.2. The molecule has 0 spiro atoms. The van der Waals surface area contributed by atoms with E-state index in [0.717, 1.165) is 58.5 Å². The van der Waals surface area contributed by atoms with Crippen LogP contribution in [0.5, 0.6) is 0 Å². The van der Waals surface area contributed by atoms with Gasteiger partial charge in [0.15, 0.2) is 11.6 Å². The lowest BCUT2D eigenvalue weighted by atomic mass is 9.86. The van der Waals surface area contributed by atoms with Crippen LogP contribution in [0.25, 0.3) is 34.0 Å². The summed E-state index contributed by atoms with van der Waals surface area (Å²) in [6, 6.07) is 21.7. The number of aromatic nitrogens is 4. The van der Waals surface area contributed by atoms with Crippen molar-refractivity contribution >= 4 is 17.8 Å². The Bertz CT molecular complexity index is 1930. The first-order chi connectivity index (χ1) is 25.0. The van der Waals surface area contributed by atoms with Gasteiger partial charge in [-0.15, -0.1) is 0 Å². The topological polar surface area (TPSA) is 160 Å². The summed E-state index contributed by atoms with van der Waals surface area (Å²) >= 11 is 0. The maximum Gasteiger partial charge on any atom is 0.305 e. The summed E-state index contributed by atoms with van der Waals surface area (Å²) in [5, 5.41) is 18.6. The van der Waals surface area contributed by atoms with E-state index >= 15 is 0 Å². The van der Waals surface area contributed by atoms with Gasteiger partial charge in [0, 0.05) is 54.0 Å². The van der Waals surface area contributed by atoms with E-state index < -0.39 is 23.8 Å². The Balaban J connectivity index is 1.22. The van der Waals surface area contributed by atoms with Gasteiger partial charge in [-0.05, 0) is 52.8 Å². The molecule has 0 saturated carbocycles. The second kappa shape index (κ2) is 17.5. The second-order valence-corrected chi connectivity index (χ2v) is 13.9. The molecule has 1 atom stereocenters. The summed E-state index contributed by atoms with van der Waals surface area (Å²) < 4.78 is 5.49. The molecule has 52 heavy (non-hydrogen) atoms. The van der Waals surface area contributed by atoms with Crippen LogP contribution in [0.1, 0.15) is 87.1 Å². The SMILES string of the molecule is CCCCCCc1noc(-c2ccc(-c3cnc(-c4ccc(CC(NC(=O)c5ccc(C(C)(C)C)cc5)C(=O)NCCC(=O)O)cc4)nc3)cc2)n1. The Labute approximate surface area is 304 Å². The number of nitrogens with one attached hydrogen (secondary N) is 2. The fourth-order valence-corrected chi connectivity index (χ4v) is 5.63. The molecule has 3 N–H and O–H groups in total. The summed E-state index contributed by atoms with van der Waals surface area (Å²) in [5.41, 5.74) is 5.69. The minimum atomic E-state index is -1.02.